The van der Waals surface area contributed by atoms with E-state index in [-0.39, 0.29) is 13.2 Å². The van der Waals surface area contributed by atoms with Crippen LogP contribution >= 0.6 is 0 Å². The summed E-state index contributed by atoms with van der Waals surface area (Å²) >= 11 is 0. The Morgan fingerprint density at radius 2 is 1.89 bits per heavy atom. The third kappa shape index (κ3) is 4.82. The zero-order valence-corrected chi connectivity index (χ0v) is 16.4. The predicted octanol–water partition coefficient (Wildman–Crippen LogP) is 0.709. The zero-order chi connectivity index (χ0) is 20.3. The van der Waals surface area contributed by atoms with Crippen molar-refractivity contribution in [1.82, 2.24) is 0 Å². The fraction of sp³-hybridized carbons (Fsp3) is 0.833. The lowest BCUT2D eigenvalue weighted by molar-refractivity contribution is -0.263. The van der Waals surface area contributed by atoms with Crippen LogP contribution in [0.2, 0.25) is 0 Å². The molecule has 0 aromatic heterocycles. The molecule has 0 aromatic rings. The highest BCUT2D eigenvalue weighted by Gasteiger charge is 2.56. The molecule has 3 aliphatic rings. The molecule has 3 heterocycles. The van der Waals surface area contributed by atoms with Crippen LogP contribution < -0.4 is 0 Å². The van der Waals surface area contributed by atoms with E-state index in [2.05, 4.69) is 4.74 Å². The molecule has 0 spiro atoms. The maximum absolute atomic E-state index is 11.3. The first-order valence-electron chi connectivity index (χ1n) is 9.30. The van der Waals surface area contributed by atoms with Gasteiger partial charge in [-0.3, -0.25) is 0 Å². The third-order valence-corrected chi connectivity index (χ3v) is 4.57. The molecule has 160 valence electrons. The van der Waals surface area contributed by atoms with Gasteiger partial charge in [-0.05, 0) is 26.8 Å². The minimum absolute atomic E-state index is 0.0989. The molecule has 7 atom stereocenters. The van der Waals surface area contributed by atoms with Gasteiger partial charge in [0.25, 0.3) is 0 Å². The molecule has 10 heteroatoms. The number of fused-ring (bicyclic) bond motifs is 1. The fourth-order valence-corrected chi connectivity index (χ4v) is 3.41. The molecule has 0 radical (unpaired) electrons. The van der Waals surface area contributed by atoms with Gasteiger partial charge in [-0.1, -0.05) is 6.08 Å². The maximum Gasteiger partial charge on any atom is 0.508 e. The molecule has 0 saturated carbocycles. The van der Waals surface area contributed by atoms with E-state index in [1.807, 2.05) is 6.92 Å². The summed E-state index contributed by atoms with van der Waals surface area (Å²) < 4.78 is 44.3. The van der Waals surface area contributed by atoms with Gasteiger partial charge in [0.15, 0.2) is 18.4 Å². The number of ether oxygens (including phenoxy) is 8. The summed E-state index contributed by atoms with van der Waals surface area (Å²) in [6.07, 6.45) is -1.47. The van der Waals surface area contributed by atoms with E-state index in [0.29, 0.717) is 6.61 Å². The molecule has 0 bridgehead atoms. The van der Waals surface area contributed by atoms with Crippen LogP contribution in [0.4, 0.5) is 4.79 Å². The molecular formula is C18H28O10. The van der Waals surface area contributed by atoms with Crippen LogP contribution in [0.5, 0.6) is 0 Å². The lowest BCUT2D eigenvalue weighted by Crippen LogP contribution is -2.45. The lowest BCUT2D eigenvalue weighted by Gasteiger charge is -2.33. The van der Waals surface area contributed by atoms with Crippen LogP contribution in [0, 0.1) is 0 Å². The Kier molecular flexibility index (Phi) is 6.92. The van der Waals surface area contributed by atoms with Crippen molar-refractivity contribution in [2.75, 3.05) is 26.9 Å². The summed E-state index contributed by atoms with van der Waals surface area (Å²) in [5.41, 5.74) is 0. The molecule has 0 unspecified atom stereocenters. The number of carbonyl (C=O) groups excluding carboxylic acids is 1. The van der Waals surface area contributed by atoms with Gasteiger partial charge in [-0.15, -0.1) is 0 Å². The van der Waals surface area contributed by atoms with Gasteiger partial charge in [0, 0.05) is 6.61 Å². The Morgan fingerprint density at radius 1 is 1.14 bits per heavy atom. The first kappa shape index (κ1) is 21.4. The van der Waals surface area contributed by atoms with Crippen LogP contribution in [0.25, 0.3) is 0 Å². The minimum Gasteiger partial charge on any atom is -0.438 e. The van der Waals surface area contributed by atoms with Gasteiger partial charge in [0.1, 0.15) is 37.1 Å². The minimum atomic E-state index is -0.823. The predicted molar refractivity (Wildman–Crippen MR) is 92.2 cm³/mol. The molecule has 0 aromatic carbocycles. The van der Waals surface area contributed by atoms with Crippen molar-refractivity contribution < 1.29 is 47.8 Å². The molecule has 0 aliphatic carbocycles. The SMILES string of the molecule is CCO[C@@H]1C=C[C@H](O[C@@H]2O[C@H](CO)[C@H]3OC(C)(C)O[C@@H]23)[C@@H](COC(=O)OC)O1. The van der Waals surface area contributed by atoms with Crippen molar-refractivity contribution in [3.05, 3.63) is 12.2 Å². The fourth-order valence-electron chi connectivity index (χ4n) is 3.41. The monoisotopic (exact) mass is 404 g/mol. The average molecular weight is 404 g/mol. The van der Waals surface area contributed by atoms with Crippen molar-refractivity contribution >= 4 is 6.16 Å². The summed E-state index contributed by atoms with van der Waals surface area (Å²) in [7, 11) is 1.22. The average Bonchev–Trinajstić information content (AvgIpc) is 3.14. The van der Waals surface area contributed by atoms with Gasteiger partial charge < -0.3 is 43.0 Å². The Bertz CT molecular complexity index is 565. The van der Waals surface area contributed by atoms with Crippen molar-refractivity contribution in [3.63, 3.8) is 0 Å². The van der Waals surface area contributed by atoms with Crippen LogP contribution in [0.1, 0.15) is 20.8 Å². The number of methoxy groups -OCH3 is 1. The quantitative estimate of drug-likeness (QED) is 0.481. The summed E-state index contributed by atoms with van der Waals surface area (Å²) in [6.45, 7) is 5.57. The molecular weight excluding hydrogens is 376 g/mol. The molecule has 10 nitrogen and oxygen atoms in total. The highest BCUT2D eigenvalue weighted by molar-refractivity contribution is 5.59. The first-order chi connectivity index (χ1) is 13.4. The van der Waals surface area contributed by atoms with E-state index >= 15 is 0 Å². The molecule has 2 fully saturated rings. The van der Waals surface area contributed by atoms with Gasteiger partial charge in [0.05, 0.1) is 13.7 Å². The van der Waals surface area contributed by atoms with E-state index in [9.17, 15) is 9.90 Å². The summed E-state index contributed by atoms with van der Waals surface area (Å²) in [5, 5.41) is 9.58. The molecule has 28 heavy (non-hydrogen) atoms. The maximum atomic E-state index is 11.3. The first-order valence-corrected chi connectivity index (χ1v) is 9.30. The second kappa shape index (κ2) is 9.04. The van der Waals surface area contributed by atoms with Gasteiger partial charge in [-0.2, -0.15) is 0 Å². The Morgan fingerprint density at radius 3 is 2.57 bits per heavy atom. The third-order valence-electron chi connectivity index (χ3n) is 4.57. The number of aliphatic hydroxyl groups excluding tert-OH is 1. The largest absolute Gasteiger partial charge is 0.508 e. The van der Waals surface area contributed by atoms with E-state index in [4.69, 9.17) is 33.2 Å². The lowest BCUT2D eigenvalue weighted by atomic mass is 10.1. The second-order valence-corrected chi connectivity index (χ2v) is 7.04. The smallest absolute Gasteiger partial charge is 0.438 e. The molecule has 0 amide bonds. The van der Waals surface area contributed by atoms with Crippen molar-refractivity contribution in [2.24, 2.45) is 0 Å². The van der Waals surface area contributed by atoms with Crippen LogP contribution in [0.15, 0.2) is 12.2 Å². The van der Waals surface area contributed by atoms with Crippen LogP contribution in [0.3, 0.4) is 0 Å². The van der Waals surface area contributed by atoms with Crippen molar-refractivity contribution in [2.45, 2.75) is 69.7 Å². The molecule has 1 N–H and O–H groups in total. The molecule has 3 aliphatic heterocycles. The van der Waals surface area contributed by atoms with Crippen molar-refractivity contribution in [1.29, 1.82) is 0 Å². The molecule has 2 saturated heterocycles. The zero-order valence-electron chi connectivity index (χ0n) is 16.4. The Balaban J connectivity index is 1.68. The second-order valence-electron chi connectivity index (χ2n) is 7.04. The number of rotatable bonds is 7. The normalized spacial score (nSPS) is 39.0. The van der Waals surface area contributed by atoms with E-state index in [0.717, 1.165) is 0 Å². The number of hydrogen-bond donors (Lipinski definition) is 1. The van der Waals surface area contributed by atoms with E-state index < -0.39 is 55.0 Å². The van der Waals surface area contributed by atoms with Crippen LogP contribution in [-0.2, 0) is 37.9 Å². The summed E-state index contributed by atoms with van der Waals surface area (Å²) in [4.78, 5) is 11.3. The van der Waals surface area contributed by atoms with E-state index in [1.165, 1.54) is 7.11 Å². The van der Waals surface area contributed by atoms with Gasteiger partial charge in [0.2, 0.25) is 0 Å². The highest BCUT2D eigenvalue weighted by Crippen LogP contribution is 2.39. The standard InChI is InChI=1S/C18H28O10/c1-5-22-13-7-6-10(12(24-13)9-23-17(20)21-4)25-16-15-14(11(8-19)26-16)27-18(2,3)28-15/h6-7,10-16,19H,5,8-9H2,1-4H3/t10-,11+,12+,13-,14+,15+,16+/m0/s1. The number of aliphatic hydroxyl groups is 1. The van der Waals surface area contributed by atoms with Crippen molar-refractivity contribution in [3.8, 4) is 0 Å². The Labute approximate surface area is 163 Å². The molecule has 3 rings (SSSR count). The number of carbonyl (C=O) groups is 1. The highest BCUT2D eigenvalue weighted by atomic mass is 16.8. The summed E-state index contributed by atoms with van der Waals surface area (Å²) in [5.74, 6) is -0.805. The van der Waals surface area contributed by atoms with E-state index in [1.54, 1.807) is 26.0 Å². The Hall–Kier alpha value is -1.27. The topological polar surface area (TPSA) is 111 Å². The number of hydrogen-bond acceptors (Lipinski definition) is 10. The van der Waals surface area contributed by atoms with Gasteiger partial charge in [-0.25, -0.2) is 4.79 Å². The summed E-state index contributed by atoms with van der Waals surface area (Å²) in [6, 6.07) is 0. The van der Waals surface area contributed by atoms with Crippen LogP contribution in [-0.4, -0.2) is 87.1 Å². The van der Waals surface area contributed by atoms with Gasteiger partial charge >= 0.3 is 6.16 Å².